The highest BCUT2D eigenvalue weighted by molar-refractivity contribution is 6.31. The van der Waals surface area contributed by atoms with E-state index in [-0.39, 0.29) is 17.2 Å². The molecule has 0 atom stereocenters. The van der Waals surface area contributed by atoms with E-state index in [9.17, 15) is 9.18 Å². The van der Waals surface area contributed by atoms with Gasteiger partial charge in [0.05, 0.1) is 12.7 Å². The second-order valence-electron chi connectivity index (χ2n) is 4.04. The van der Waals surface area contributed by atoms with Gasteiger partial charge in [-0.2, -0.15) is 0 Å². The predicted octanol–water partition coefficient (Wildman–Crippen LogP) is 3.91. The molecule has 0 aromatic heterocycles. The lowest BCUT2D eigenvalue weighted by atomic mass is 10.0. The van der Waals surface area contributed by atoms with Gasteiger partial charge >= 0.3 is 0 Å². The zero-order valence-corrected chi connectivity index (χ0v) is 11.1. The van der Waals surface area contributed by atoms with Crippen molar-refractivity contribution in [3.63, 3.8) is 0 Å². The van der Waals surface area contributed by atoms with E-state index in [4.69, 9.17) is 16.3 Å². The summed E-state index contributed by atoms with van der Waals surface area (Å²) >= 11 is 5.91. The fourth-order valence-electron chi connectivity index (χ4n) is 1.81. The van der Waals surface area contributed by atoms with Crippen LogP contribution in [0.2, 0.25) is 5.02 Å². The van der Waals surface area contributed by atoms with Crippen LogP contribution in [0.5, 0.6) is 5.75 Å². The lowest BCUT2D eigenvalue weighted by Crippen LogP contribution is -2.06. The normalized spacial score (nSPS) is 10.3. The molecule has 0 heterocycles. The van der Waals surface area contributed by atoms with Crippen molar-refractivity contribution in [2.45, 2.75) is 6.42 Å². The first-order valence-corrected chi connectivity index (χ1v) is 6.09. The number of carbonyl (C=O) groups is 1. The molecule has 0 radical (unpaired) electrons. The maximum absolute atomic E-state index is 12.9. The van der Waals surface area contributed by atoms with Gasteiger partial charge in [-0.15, -0.1) is 0 Å². The number of hydrogen-bond acceptors (Lipinski definition) is 2. The molecule has 0 amide bonds. The molecule has 98 valence electrons. The summed E-state index contributed by atoms with van der Waals surface area (Å²) in [6, 6.07) is 11.0. The topological polar surface area (TPSA) is 26.3 Å². The quantitative estimate of drug-likeness (QED) is 0.793. The van der Waals surface area contributed by atoms with Gasteiger partial charge in [0, 0.05) is 11.4 Å². The van der Waals surface area contributed by atoms with Gasteiger partial charge in [-0.1, -0.05) is 29.8 Å². The molecule has 0 unspecified atom stereocenters. The Balaban J connectivity index is 2.26. The minimum absolute atomic E-state index is 0.111. The molecule has 2 nitrogen and oxygen atoms in total. The summed E-state index contributed by atoms with van der Waals surface area (Å²) in [5, 5.41) is 0.253. The van der Waals surface area contributed by atoms with Crippen LogP contribution in [0.15, 0.2) is 42.5 Å². The zero-order chi connectivity index (χ0) is 13.8. The molecule has 0 saturated heterocycles. The van der Waals surface area contributed by atoms with Gasteiger partial charge in [-0.05, 0) is 29.8 Å². The molecule has 2 aromatic rings. The zero-order valence-electron chi connectivity index (χ0n) is 10.3. The lowest BCUT2D eigenvalue weighted by Gasteiger charge is -2.08. The molecular formula is C15H12ClFO2. The van der Waals surface area contributed by atoms with Crippen molar-refractivity contribution in [2.75, 3.05) is 7.11 Å². The van der Waals surface area contributed by atoms with Crippen LogP contribution in [0.4, 0.5) is 4.39 Å². The number of Topliss-reactive ketones (excluding diaryl/α,β-unsaturated/α-hetero) is 1. The summed E-state index contributed by atoms with van der Waals surface area (Å²) < 4.78 is 18.1. The van der Waals surface area contributed by atoms with Crippen molar-refractivity contribution in [3.05, 3.63) is 64.4 Å². The number of hydrogen-bond donors (Lipinski definition) is 0. The second kappa shape index (κ2) is 5.85. The summed E-state index contributed by atoms with van der Waals surface area (Å²) in [4.78, 5) is 12.2. The van der Waals surface area contributed by atoms with Crippen LogP contribution in [0.3, 0.4) is 0 Å². The molecular weight excluding hydrogens is 267 g/mol. The highest BCUT2D eigenvalue weighted by atomic mass is 35.5. The number of benzene rings is 2. The molecule has 0 N–H and O–H groups in total. The fraction of sp³-hybridized carbons (Fsp3) is 0.133. The van der Waals surface area contributed by atoms with E-state index in [1.165, 1.54) is 25.3 Å². The minimum Gasteiger partial charge on any atom is -0.496 e. The van der Waals surface area contributed by atoms with Crippen LogP contribution < -0.4 is 4.74 Å². The van der Waals surface area contributed by atoms with Crippen molar-refractivity contribution in [2.24, 2.45) is 0 Å². The number of halogens is 2. The van der Waals surface area contributed by atoms with Crippen LogP contribution in [0, 0.1) is 5.82 Å². The third kappa shape index (κ3) is 3.12. The molecule has 19 heavy (non-hydrogen) atoms. The van der Waals surface area contributed by atoms with E-state index in [2.05, 4.69) is 0 Å². The summed E-state index contributed by atoms with van der Waals surface area (Å²) in [6.45, 7) is 0. The van der Waals surface area contributed by atoms with Gasteiger partial charge in [0.15, 0.2) is 5.78 Å². The largest absolute Gasteiger partial charge is 0.496 e. The predicted molar refractivity (Wildman–Crippen MR) is 72.4 cm³/mol. The van der Waals surface area contributed by atoms with Crippen LogP contribution in [-0.4, -0.2) is 12.9 Å². The smallest absolute Gasteiger partial charge is 0.171 e. The number of carbonyl (C=O) groups excluding carboxylic acids is 1. The van der Waals surface area contributed by atoms with Gasteiger partial charge in [-0.25, -0.2) is 4.39 Å². The summed E-state index contributed by atoms with van der Waals surface area (Å²) in [5.74, 6) is -0.0183. The van der Waals surface area contributed by atoms with E-state index in [0.29, 0.717) is 16.9 Å². The van der Waals surface area contributed by atoms with Crippen molar-refractivity contribution in [1.29, 1.82) is 0 Å². The Morgan fingerprint density at radius 1 is 1.26 bits per heavy atom. The number of ketones is 1. The highest BCUT2D eigenvalue weighted by Gasteiger charge is 2.14. The molecule has 0 aliphatic heterocycles. The average molecular weight is 279 g/mol. The van der Waals surface area contributed by atoms with Crippen LogP contribution in [-0.2, 0) is 6.42 Å². The Morgan fingerprint density at radius 2 is 2.00 bits per heavy atom. The van der Waals surface area contributed by atoms with Crippen molar-refractivity contribution < 1.29 is 13.9 Å². The molecule has 0 bridgehead atoms. The van der Waals surface area contributed by atoms with E-state index in [1.807, 2.05) is 0 Å². The number of para-hydroxylation sites is 1. The fourth-order valence-corrected chi connectivity index (χ4v) is 2.04. The van der Waals surface area contributed by atoms with Crippen LogP contribution in [0.1, 0.15) is 15.9 Å². The maximum Gasteiger partial charge on any atom is 0.171 e. The van der Waals surface area contributed by atoms with E-state index in [0.717, 1.165) is 0 Å². The van der Waals surface area contributed by atoms with Crippen LogP contribution in [0.25, 0.3) is 0 Å². The van der Waals surface area contributed by atoms with E-state index >= 15 is 0 Å². The van der Waals surface area contributed by atoms with Gasteiger partial charge in [0.25, 0.3) is 0 Å². The number of methoxy groups -OCH3 is 1. The SMILES string of the molecule is COc1ccccc1C(=O)Cc1ccc(F)cc1Cl. The molecule has 0 aliphatic carbocycles. The van der Waals surface area contributed by atoms with Gasteiger partial charge < -0.3 is 4.74 Å². The molecule has 0 fully saturated rings. The molecule has 0 spiro atoms. The molecule has 0 aliphatic rings. The second-order valence-corrected chi connectivity index (χ2v) is 4.44. The van der Waals surface area contributed by atoms with Crippen molar-refractivity contribution >= 4 is 17.4 Å². The first kappa shape index (κ1) is 13.6. The summed E-state index contributed by atoms with van der Waals surface area (Å²) in [5.41, 5.74) is 1.09. The summed E-state index contributed by atoms with van der Waals surface area (Å²) in [6.07, 6.45) is 0.111. The highest BCUT2D eigenvalue weighted by Crippen LogP contribution is 2.23. The average Bonchev–Trinajstić information content (AvgIpc) is 2.41. The maximum atomic E-state index is 12.9. The lowest BCUT2D eigenvalue weighted by molar-refractivity contribution is 0.0990. The van der Waals surface area contributed by atoms with Gasteiger partial charge in [0.2, 0.25) is 0 Å². The number of rotatable bonds is 4. The monoisotopic (exact) mass is 278 g/mol. The van der Waals surface area contributed by atoms with Crippen LogP contribution >= 0.6 is 11.6 Å². The Kier molecular flexibility index (Phi) is 4.17. The first-order valence-electron chi connectivity index (χ1n) is 5.72. The Bertz CT molecular complexity index is 611. The standard InChI is InChI=1S/C15H12ClFO2/c1-19-15-5-3-2-4-12(15)14(18)8-10-6-7-11(17)9-13(10)16/h2-7,9H,8H2,1H3. The molecule has 0 saturated carbocycles. The van der Waals surface area contributed by atoms with Gasteiger partial charge in [0.1, 0.15) is 11.6 Å². The molecule has 2 aromatic carbocycles. The van der Waals surface area contributed by atoms with Crippen molar-refractivity contribution in [1.82, 2.24) is 0 Å². The Labute approximate surface area is 115 Å². The Hall–Kier alpha value is -1.87. The third-order valence-electron chi connectivity index (χ3n) is 2.77. The number of ether oxygens (including phenoxy) is 1. The van der Waals surface area contributed by atoms with Crippen molar-refractivity contribution in [3.8, 4) is 5.75 Å². The van der Waals surface area contributed by atoms with E-state index < -0.39 is 5.82 Å². The molecule has 4 heteroatoms. The first-order chi connectivity index (χ1) is 9.11. The third-order valence-corrected chi connectivity index (χ3v) is 3.13. The Morgan fingerprint density at radius 3 is 2.68 bits per heavy atom. The van der Waals surface area contributed by atoms with E-state index in [1.54, 1.807) is 24.3 Å². The van der Waals surface area contributed by atoms with Gasteiger partial charge in [-0.3, -0.25) is 4.79 Å². The minimum atomic E-state index is -0.418. The summed E-state index contributed by atoms with van der Waals surface area (Å²) in [7, 11) is 1.51. The molecule has 2 rings (SSSR count).